The smallest absolute Gasteiger partial charge is 0.391 e. The first-order chi connectivity index (χ1) is 16.5. The predicted molar refractivity (Wildman–Crippen MR) is 121 cm³/mol. The summed E-state index contributed by atoms with van der Waals surface area (Å²) in [5.41, 5.74) is 1.76. The molecule has 1 aromatic heterocycles. The Morgan fingerprint density at radius 1 is 1.20 bits per heavy atom. The molecule has 2 aliphatic heterocycles. The number of amides is 3. The third-order valence-electron chi connectivity index (χ3n) is 6.80. The molecule has 12 nitrogen and oxygen atoms in total. The number of rotatable bonds is 7. The lowest BCUT2D eigenvalue weighted by Crippen LogP contribution is -2.50. The lowest BCUT2D eigenvalue weighted by Gasteiger charge is -2.34. The van der Waals surface area contributed by atoms with Crippen LogP contribution in [0.2, 0.25) is 0 Å². The van der Waals surface area contributed by atoms with Crippen molar-refractivity contribution in [2.24, 2.45) is 5.92 Å². The van der Waals surface area contributed by atoms with Gasteiger partial charge in [0.1, 0.15) is 17.9 Å². The van der Waals surface area contributed by atoms with Gasteiger partial charge in [0.2, 0.25) is 5.89 Å². The molecule has 190 valence electrons. The molecule has 3 amide bonds. The highest BCUT2D eigenvalue weighted by atomic mass is 32.2. The van der Waals surface area contributed by atoms with Crippen molar-refractivity contribution in [3.63, 3.8) is 0 Å². The summed E-state index contributed by atoms with van der Waals surface area (Å²) in [4.78, 5) is 35.0. The molecule has 2 fully saturated rings. The zero-order valence-corrected chi connectivity index (χ0v) is 20.2. The molecule has 0 aliphatic carbocycles. The second-order valence-electron chi connectivity index (χ2n) is 8.92. The molecule has 3 heterocycles. The summed E-state index contributed by atoms with van der Waals surface area (Å²) >= 11 is 0. The zero-order valence-electron chi connectivity index (χ0n) is 19.4. The highest BCUT2D eigenvalue weighted by Gasteiger charge is 2.41. The van der Waals surface area contributed by atoms with Crippen LogP contribution < -0.4 is 21.1 Å². The Balaban J connectivity index is 1.56. The normalized spacial score (nSPS) is 21.5. The maximum absolute atomic E-state index is 14.8. The Bertz CT molecular complexity index is 1300. The van der Waals surface area contributed by atoms with E-state index in [4.69, 9.17) is 4.42 Å². The molecule has 1 aromatic carbocycles. The molecule has 4 rings (SSSR count). The van der Waals surface area contributed by atoms with Gasteiger partial charge in [-0.25, -0.2) is 19.1 Å². The van der Waals surface area contributed by atoms with Crippen molar-refractivity contribution in [2.75, 3.05) is 13.1 Å². The number of urea groups is 1. The van der Waals surface area contributed by atoms with Crippen molar-refractivity contribution in [1.82, 2.24) is 29.9 Å². The number of hydrogen-bond donors (Lipinski definition) is 4. The number of aromatic nitrogens is 2. The van der Waals surface area contributed by atoms with Crippen LogP contribution in [0.4, 0.5) is 9.18 Å². The number of nitrogens with zero attached hydrogens (tertiary/aromatic N) is 2. The van der Waals surface area contributed by atoms with Crippen LogP contribution in [0.5, 0.6) is 0 Å². The average molecular weight is 511 g/mol. The molecule has 4 N–H and O–H groups in total. The van der Waals surface area contributed by atoms with E-state index < -0.39 is 51.7 Å². The zero-order chi connectivity index (χ0) is 25.5. The van der Waals surface area contributed by atoms with E-state index in [2.05, 4.69) is 25.6 Å². The average Bonchev–Trinajstić information content (AvgIpc) is 3.39. The highest BCUT2D eigenvalue weighted by molar-refractivity contribution is 7.87. The molecule has 2 aromatic rings. The van der Waals surface area contributed by atoms with E-state index in [9.17, 15) is 27.2 Å². The second kappa shape index (κ2) is 9.51. The minimum Gasteiger partial charge on any atom is -0.391 e. The van der Waals surface area contributed by atoms with Crippen molar-refractivity contribution < 1.29 is 26.8 Å². The molecule has 14 heteroatoms. The van der Waals surface area contributed by atoms with Crippen LogP contribution in [0.25, 0.3) is 0 Å². The molecule has 35 heavy (non-hydrogen) atoms. The summed E-state index contributed by atoms with van der Waals surface area (Å²) in [6.07, 6.45) is 0.700. The standard InChI is InChI=1S/C21H27FN6O6S/c1-10-4-5-14(22)15(11(10)2)12(3)16(19-25-26-21(31)34-19)27-35(32,33)28-8-6-13(7-9-28)17-18(29)24-20(30)23-17/h4-5,12-13,16-17,27H,6-9H2,1-3H3,(H,26,31)(H2,23,24,29,30)/t12?,16-,17?/m0/s1. The highest BCUT2D eigenvalue weighted by Crippen LogP contribution is 2.35. The van der Waals surface area contributed by atoms with E-state index in [0.717, 1.165) is 5.56 Å². The van der Waals surface area contributed by atoms with Gasteiger partial charge in [-0.05, 0) is 55.4 Å². The lowest BCUT2D eigenvalue weighted by atomic mass is 9.88. The number of nitrogens with one attached hydrogen (secondary N) is 4. The van der Waals surface area contributed by atoms with Gasteiger partial charge in [-0.2, -0.15) is 17.4 Å². The van der Waals surface area contributed by atoms with Gasteiger partial charge < -0.3 is 9.73 Å². The van der Waals surface area contributed by atoms with E-state index >= 15 is 0 Å². The number of aryl methyl sites for hydroxylation is 1. The fourth-order valence-corrected chi connectivity index (χ4v) is 6.19. The number of aromatic amines is 1. The van der Waals surface area contributed by atoms with E-state index in [1.807, 2.05) is 6.92 Å². The summed E-state index contributed by atoms with van der Waals surface area (Å²) in [5.74, 6) is -3.00. The minimum absolute atomic E-state index is 0.100. The number of benzene rings is 1. The Morgan fingerprint density at radius 3 is 2.46 bits per heavy atom. The van der Waals surface area contributed by atoms with Crippen LogP contribution in [-0.4, -0.2) is 54.0 Å². The largest absolute Gasteiger partial charge is 0.434 e. The number of H-pyrrole nitrogens is 1. The van der Waals surface area contributed by atoms with Crippen LogP contribution in [0.15, 0.2) is 21.3 Å². The van der Waals surface area contributed by atoms with Crippen molar-refractivity contribution in [3.05, 3.63) is 51.1 Å². The summed E-state index contributed by atoms with van der Waals surface area (Å²) < 4.78 is 50.2. The quantitative estimate of drug-likeness (QED) is 0.398. The second-order valence-corrected chi connectivity index (χ2v) is 10.6. The minimum atomic E-state index is -4.12. The van der Waals surface area contributed by atoms with Gasteiger partial charge >= 0.3 is 11.8 Å². The van der Waals surface area contributed by atoms with E-state index in [1.54, 1.807) is 19.9 Å². The molecular formula is C21H27FN6O6S. The summed E-state index contributed by atoms with van der Waals surface area (Å²) in [5, 5.41) is 10.7. The van der Waals surface area contributed by atoms with E-state index in [-0.39, 0.29) is 30.5 Å². The first kappa shape index (κ1) is 25.0. The predicted octanol–water partition coefficient (Wildman–Crippen LogP) is 0.718. The van der Waals surface area contributed by atoms with Gasteiger partial charge in [-0.3, -0.25) is 10.1 Å². The topological polar surface area (TPSA) is 166 Å². The molecule has 0 bridgehead atoms. The van der Waals surface area contributed by atoms with Gasteiger partial charge in [0.15, 0.2) is 0 Å². The summed E-state index contributed by atoms with van der Waals surface area (Å²) in [7, 11) is -4.12. The fourth-order valence-electron chi connectivity index (χ4n) is 4.72. The number of imide groups is 1. The van der Waals surface area contributed by atoms with Crippen molar-refractivity contribution in [1.29, 1.82) is 0 Å². The van der Waals surface area contributed by atoms with Gasteiger partial charge in [0, 0.05) is 19.0 Å². The fraction of sp³-hybridized carbons (Fsp3) is 0.524. The Kier molecular flexibility index (Phi) is 6.79. The number of hydrogen-bond acceptors (Lipinski definition) is 7. The molecule has 2 unspecified atom stereocenters. The van der Waals surface area contributed by atoms with Crippen LogP contribution in [0.1, 0.15) is 54.3 Å². The van der Waals surface area contributed by atoms with Gasteiger partial charge in [-0.15, -0.1) is 5.10 Å². The van der Waals surface area contributed by atoms with Crippen LogP contribution in [-0.2, 0) is 15.0 Å². The monoisotopic (exact) mass is 510 g/mol. The Labute approximate surface area is 200 Å². The van der Waals surface area contributed by atoms with E-state index in [0.29, 0.717) is 18.4 Å². The van der Waals surface area contributed by atoms with E-state index in [1.165, 1.54) is 10.4 Å². The third kappa shape index (κ3) is 4.99. The number of carbonyl (C=O) groups is 2. The maximum Gasteiger partial charge on any atom is 0.434 e. The Hall–Kier alpha value is -3.10. The molecule has 0 saturated carbocycles. The first-order valence-corrected chi connectivity index (χ1v) is 12.6. The van der Waals surface area contributed by atoms with Crippen LogP contribution in [0.3, 0.4) is 0 Å². The number of carbonyl (C=O) groups excluding carboxylic acids is 2. The van der Waals surface area contributed by atoms with Gasteiger partial charge in [-0.1, -0.05) is 13.0 Å². The van der Waals surface area contributed by atoms with Crippen molar-refractivity contribution in [3.8, 4) is 0 Å². The maximum atomic E-state index is 14.8. The molecule has 3 atom stereocenters. The molecule has 0 spiro atoms. The Morgan fingerprint density at radius 2 is 1.89 bits per heavy atom. The molecule has 2 saturated heterocycles. The van der Waals surface area contributed by atoms with Crippen LogP contribution in [0, 0.1) is 25.6 Å². The summed E-state index contributed by atoms with van der Waals surface area (Å²) in [6, 6.07) is 0.507. The summed E-state index contributed by atoms with van der Waals surface area (Å²) in [6.45, 7) is 5.38. The number of piperidine rings is 1. The first-order valence-electron chi connectivity index (χ1n) is 11.2. The van der Waals surface area contributed by atoms with Crippen molar-refractivity contribution >= 4 is 22.1 Å². The third-order valence-corrected chi connectivity index (χ3v) is 8.40. The molecule has 2 aliphatic rings. The van der Waals surface area contributed by atoms with Gasteiger partial charge in [0.05, 0.1) is 0 Å². The molecule has 0 radical (unpaired) electrons. The van der Waals surface area contributed by atoms with Gasteiger partial charge in [0.25, 0.3) is 16.1 Å². The molecular weight excluding hydrogens is 483 g/mol. The van der Waals surface area contributed by atoms with Crippen molar-refractivity contribution in [2.45, 2.75) is 51.6 Å². The SMILES string of the molecule is Cc1ccc(F)c(C(C)[C@H](NS(=O)(=O)N2CCC(C3NC(=O)NC3=O)CC2)c2n[nH]c(=O)o2)c1C. The van der Waals surface area contributed by atoms with Crippen LogP contribution >= 0.6 is 0 Å². The lowest BCUT2D eigenvalue weighted by molar-refractivity contribution is -0.121. The number of halogens is 1.